The van der Waals surface area contributed by atoms with Gasteiger partial charge in [-0.15, -0.1) is 0 Å². The molecule has 170 valence electrons. The monoisotopic (exact) mass is 448 g/mol. The average molecular weight is 448 g/mol. The molecule has 1 aromatic heterocycles. The number of alkyl halides is 3. The highest BCUT2D eigenvalue weighted by atomic mass is 19.4. The first-order valence-corrected chi connectivity index (χ1v) is 10.1. The van der Waals surface area contributed by atoms with Crippen molar-refractivity contribution in [1.29, 1.82) is 0 Å². The van der Waals surface area contributed by atoms with Gasteiger partial charge in [0, 0.05) is 29.1 Å². The molecule has 0 saturated carbocycles. The molecule has 3 rings (SSSR count). The molecule has 2 aromatic carbocycles. The van der Waals surface area contributed by atoms with Crippen LogP contribution in [-0.4, -0.2) is 31.2 Å². The van der Waals surface area contributed by atoms with Gasteiger partial charge in [-0.25, -0.2) is 4.39 Å². The molecule has 0 aliphatic rings. The molecule has 8 heteroatoms. The van der Waals surface area contributed by atoms with Gasteiger partial charge in [0.15, 0.2) is 0 Å². The number of aromatic nitrogens is 1. The van der Waals surface area contributed by atoms with Crippen molar-refractivity contribution in [3.05, 3.63) is 71.7 Å². The zero-order valence-corrected chi connectivity index (χ0v) is 17.7. The number of amides is 1. The largest absolute Gasteiger partial charge is 0.496 e. The lowest BCUT2D eigenvalue weighted by atomic mass is 9.66. The summed E-state index contributed by atoms with van der Waals surface area (Å²) >= 11 is 0. The molecule has 3 aromatic rings. The van der Waals surface area contributed by atoms with Crippen LogP contribution in [0.15, 0.2) is 54.7 Å². The zero-order chi connectivity index (χ0) is 23.4. The van der Waals surface area contributed by atoms with Crippen molar-refractivity contribution in [2.24, 2.45) is 5.92 Å². The first kappa shape index (κ1) is 23.5. The molecule has 0 aliphatic carbocycles. The minimum Gasteiger partial charge on any atom is -0.496 e. The van der Waals surface area contributed by atoms with Crippen LogP contribution in [0, 0.1) is 11.7 Å². The van der Waals surface area contributed by atoms with E-state index in [9.17, 15) is 22.4 Å². The van der Waals surface area contributed by atoms with E-state index in [4.69, 9.17) is 4.74 Å². The summed E-state index contributed by atoms with van der Waals surface area (Å²) in [6.07, 6.45) is -3.11. The Labute approximate surface area is 183 Å². The van der Waals surface area contributed by atoms with Crippen LogP contribution >= 0.6 is 0 Å². The fraction of sp³-hybridized carbons (Fsp3) is 0.333. The summed E-state index contributed by atoms with van der Waals surface area (Å²) in [5.41, 5.74) is -0.402. The molecule has 32 heavy (non-hydrogen) atoms. The third-order valence-corrected chi connectivity index (χ3v) is 5.98. The van der Waals surface area contributed by atoms with Crippen molar-refractivity contribution in [2.75, 3.05) is 13.7 Å². The zero-order valence-electron chi connectivity index (χ0n) is 17.7. The number of para-hydroxylation sites is 1. The number of fused-ring (bicyclic) bond motifs is 1. The topological polar surface area (TPSA) is 51.2 Å². The number of carbonyl (C=O) groups is 1. The minimum atomic E-state index is -4.61. The summed E-state index contributed by atoms with van der Waals surface area (Å²) in [7, 11) is 1.33. The van der Waals surface area contributed by atoms with Crippen molar-refractivity contribution in [3.63, 3.8) is 0 Å². The number of methoxy groups -OCH3 is 1. The third kappa shape index (κ3) is 4.84. The molecule has 0 radical (unpaired) electrons. The van der Waals surface area contributed by atoms with Crippen LogP contribution in [-0.2, 0) is 16.6 Å². The molecular formula is C24H24F4N2O2. The number of hydrogen-bond acceptors (Lipinski definition) is 3. The van der Waals surface area contributed by atoms with E-state index in [1.54, 1.807) is 30.3 Å². The van der Waals surface area contributed by atoms with Gasteiger partial charge in [-0.2, -0.15) is 13.2 Å². The van der Waals surface area contributed by atoms with Crippen molar-refractivity contribution in [3.8, 4) is 5.75 Å². The standard InChI is InChI=1S/C24H24F4N2O2/c1-23(10-12-29-15-31,19-14-17(25)7-8-21(19)32-2)22(24(26,27)28)13-16-9-11-30-20-6-4-3-5-18(16)20/h3-9,11,14-15,22H,10,12-13H2,1-2H3,(H,29,31). The molecule has 0 spiro atoms. The number of carbonyl (C=O) groups excluding carboxylic acids is 1. The Hall–Kier alpha value is -3.16. The van der Waals surface area contributed by atoms with Crippen LogP contribution < -0.4 is 10.1 Å². The number of nitrogens with one attached hydrogen (secondary N) is 1. The van der Waals surface area contributed by atoms with E-state index in [-0.39, 0.29) is 30.7 Å². The molecule has 2 unspecified atom stereocenters. The molecule has 1 amide bonds. The number of nitrogens with zero attached hydrogens (tertiary/aromatic N) is 1. The molecule has 0 saturated heterocycles. The molecule has 1 N–H and O–H groups in total. The van der Waals surface area contributed by atoms with E-state index >= 15 is 0 Å². The van der Waals surface area contributed by atoms with Gasteiger partial charge < -0.3 is 10.1 Å². The maximum absolute atomic E-state index is 14.6. The van der Waals surface area contributed by atoms with Gasteiger partial charge >= 0.3 is 6.18 Å². The SMILES string of the molecule is COc1ccc(F)cc1C(C)(CCNC=O)C(Cc1ccnc2ccccc12)C(F)(F)F. The van der Waals surface area contributed by atoms with Crippen LogP contribution in [0.3, 0.4) is 0 Å². The Morgan fingerprint density at radius 1 is 1.16 bits per heavy atom. The summed E-state index contributed by atoms with van der Waals surface area (Å²) in [4.78, 5) is 15.0. The highest BCUT2D eigenvalue weighted by Gasteiger charge is 2.52. The second-order valence-electron chi connectivity index (χ2n) is 7.87. The van der Waals surface area contributed by atoms with Gasteiger partial charge in [0.1, 0.15) is 11.6 Å². The Morgan fingerprint density at radius 3 is 2.59 bits per heavy atom. The van der Waals surface area contributed by atoms with Crippen LogP contribution in [0.25, 0.3) is 10.9 Å². The van der Waals surface area contributed by atoms with E-state index in [1.807, 2.05) is 0 Å². The van der Waals surface area contributed by atoms with Crippen LogP contribution in [0.5, 0.6) is 5.75 Å². The summed E-state index contributed by atoms with van der Waals surface area (Å²) in [5, 5.41) is 3.06. The molecule has 4 nitrogen and oxygen atoms in total. The first-order chi connectivity index (χ1) is 15.2. The second-order valence-corrected chi connectivity index (χ2v) is 7.87. The molecular weight excluding hydrogens is 424 g/mol. The van der Waals surface area contributed by atoms with Gasteiger partial charge in [0.05, 0.1) is 18.5 Å². The normalized spacial score (nSPS) is 14.6. The molecule has 0 fully saturated rings. The van der Waals surface area contributed by atoms with Gasteiger partial charge in [0.2, 0.25) is 6.41 Å². The molecule has 2 atom stereocenters. The quantitative estimate of drug-likeness (QED) is 0.278. The predicted molar refractivity (Wildman–Crippen MR) is 114 cm³/mol. The number of halogens is 4. The predicted octanol–water partition coefficient (Wildman–Crippen LogP) is 5.20. The maximum atomic E-state index is 14.6. The van der Waals surface area contributed by atoms with Crippen molar-refractivity contribution >= 4 is 17.3 Å². The summed E-state index contributed by atoms with van der Waals surface area (Å²) in [5.74, 6) is -2.38. The van der Waals surface area contributed by atoms with Gasteiger partial charge in [-0.3, -0.25) is 9.78 Å². The van der Waals surface area contributed by atoms with Gasteiger partial charge in [-0.1, -0.05) is 25.1 Å². The van der Waals surface area contributed by atoms with Gasteiger partial charge in [0.25, 0.3) is 0 Å². The Morgan fingerprint density at radius 2 is 1.91 bits per heavy atom. The number of benzene rings is 2. The highest BCUT2D eigenvalue weighted by Crippen LogP contribution is 2.49. The average Bonchev–Trinajstić information content (AvgIpc) is 2.76. The smallest absolute Gasteiger partial charge is 0.392 e. The molecule has 0 aliphatic heterocycles. The lowest BCUT2D eigenvalue weighted by Crippen LogP contribution is -2.45. The van der Waals surface area contributed by atoms with Gasteiger partial charge in [-0.05, 0) is 48.7 Å². The number of pyridine rings is 1. The Balaban J connectivity index is 2.17. The lowest BCUT2D eigenvalue weighted by molar-refractivity contribution is -0.193. The van der Waals surface area contributed by atoms with Crippen molar-refractivity contribution < 1.29 is 27.1 Å². The summed E-state index contributed by atoms with van der Waals surface area (Å²) in [6.45, 7) is 1.43. The van der Waals surface area contributed by atoms with Crippen LogP contribution in [0.2, 0.25) is 0 Å². The summed E-state index contributed by atoms with van der Waals surface area (Å²) < 4.78 is 63.3. The Bertz CT molecular complexity index is 1080. The number of ether oxygens (including phenoxy) is 1. The molecule has 1 heterocycles. The number of rotatable bonds is 9. The highest BCUT2D eigenvalue weighted by molar-refractivity contribution is 5.81. The van der Waals surface area contributed by atoms with E-state index in [0.29, 0.717) is 22.9 Å². The summed E-state index contributed by atoms with van der Waals surface area (Å²) in [6, 6.07) is 12.1. The third-order valence-electron chi connectivity index (χ3n) is 5.98. The first-order valence-electron chi connectivity index (χ1n) is 10.1. The van der Waals surface area contributed by atoms with E-state index in [0.717, 1.165) is 12.1 Å². The van der Waals surface area contributed by atoms with Crippen LogP contribution in [0.1, 0.15) is 24.5 Å². The van der Waals surface area contributed by atoms with Crippen molar-refractivity contribution in [2.45, 2.75) is 31.4 Å². The molecule has 0 bridgehead atoms. The van der Waals surface area contributed by atoms with E-state index in [2.05, 4.69) is 10.3 Å². The van der Waals surface area contributed by atoms with E-state index < -0.39 is 23.3 Å². The van der Waals surface area contributed by atoms with Crippen molar-refractivity contribution in [1.82, 2.24) is 10.3 Å². The fourth-order valence-electron chi connectivity index (χ4n) is 4.27. The minimum absolute atomic E-state index is 0.0106. The van der Waals surface area contributed by atoms with Crippen LogP contribution in [0.4, 0.5) is 17.6 Å². The second kappa shape index (κ2) is 9.54. The van der Waals surface area contributed by atoms with E-state index in [1.165, 1.54) is 26.3 Å². The Kier molecular flexibility index (Phi) is 7.01. The lowest BCUT2D eigenvalue weighted by Gasteiger charge is -2.40. The maximum Gasteiger partial charge on any atom is 0.392 e. The fourth-order valence-corrected chi connectivity index (χ4v) is 4.27. The number of hydrogen-bond donors (Lipinski definition) is 1.